The molecule has 0 bridgehead atoms. The standard InChI is InChI=1S/C23H27BrCl2N2O3/c1-5-9-27-23(30)16(4)28(12-18-19(25)7-6-8-20(18)26)21(29)13-31-17-10-14(2)22(24)15(3)11-17/h6-8,10-11,16H,5,9,12-13H2,1-4H3,(H,27,30). The maximum absolute atomic E-state index is 13.1. The summed E-state index contributed by atoms with van der Waals surface area (Å²) in [6.07, 6.45) is 0.800. The first-order valence-corrected chi connectivity index (χ1v) is 11.6. The Morgan fingerprint density at radius 1 is 1.16 bits per heavy atom. The van der Waals surface area contributed by atoms with E-state index in [9.17, 15) is 9.59 Å². The van der Waals surface area contributed by atoms with Crippen molar-refractivity contribution in [2.75, 3.05) is 13.2 Å². The fourth-order valence-electron chi connectivity index (χ4n) is 3.05. The van der Waals surface area contributed by atoms with Gasteiger partial charge in [0.25, 0.3) is 5.91 Å². The van der Waals surface area contributed by atoms with Crippen molar-refractivity contribution < 1.29 is 14.3 Å². The van der Waals surface area contributed by atoms with E-state index in [4.69, 9.17) is 27.9 Å². The Morgan fingerprint density at radius 3 is 2.29 bits per heavy atom. The van der Waals surface area contributed by atoms with Crippen molar-refractivity contribution in [3.05, 3.63) is 61.5 Å². The highest BCUT2D eigenvalue weighted by atomic mass is 79.9. The molecular weight excluding hydrogens is 503 g/mol. The van der Waals surface area contributed by atoms with Crippen molar-refractivity contribution in [2.45, 2.75) is 46.7 Å². The van der Waals surface area contributed by atoms with Gasteiger partial charge in [0.15, 0.2) is 6.61 Å². The fraction of sp³-hybridized carbons (Fsp3) is 0.391. The van der Waals surface area contributed by atoms with E-state index >= 15 is 0 Å². The van der Waals surface area contributed by atoms with E-state index in [1.54, 1.807) is 25.1 Å². The molecule has 0 radical (unpaired) electrons. The molecule has 31 heavy (non-hydrogen) atoms. The average Bonchev–Trinajstić information content (AvgIpc) is 2.73. The lowest BCUT2D eigenvalue weighted by Gasteiger charge is -2.29. The number of nitrogens with one attached hydrogen (secondary N) is 1. The van der Waals surface area contributed by atoms with Crippen molar-refractivity contribution in [1.82, 2.24) is 10.2 Å². The van der Waals surface area contributed by atoms with Crippen molar-refractivity contribution >= 4 is 50.9 Å². The number of carbonyl (C=O) groups is 2. The summed E-state index contributed by atoms with van der Waals surface area (Å²) in [5.41, 5.74) is 2.61. The van der Waals surface area contributed by atoms with E-state index in [1.165, 1.54) is 4.90 Å². The molecule has 8 heteroatoms. The van der Waals surface area contributed by atoms with E-state index in [-0.39, 0.29) is 25.0 Å². The van der Waals surface area contributed by atoms with Crippen molar-refractivity contribution in [1.29, 1.82) is 0 Å². The Kier molecular flexibility index (Phi) is 9.66. The number of aryl methyl sites for hydroxylation is 2. The van der Waals surface area contributed by atoms with Crippen LogP contribution in [0.2, 0.25) is 10.0 Å². The zero-order chi connectivity index (χ0) is 23.1. The van der Waals surface area contributed by atoms with Crippen LogP contribution in [0.4, 0.5) is 0 Å². The van der Waals surface area contributed by atoms with Gasteiger partial charge in [0, 0.05) is 33.2 Å². The molecule has 1 N–H and O–H groups in total. The van der Waals surface area contributed by atoms with Crippen LogP contribution < -0.4 is 10.1 Å². The third kappa shape index (κ3) is 6.86. The van der Waals surface area contributed by atoms with Crippen LogP contribution in [-0.4, -0.2) is 35.9 Å². The number of halogens is 3. The first kappa shape index (κ1) is 25.5. The summed E-state index contributed by atoms with van der Waals surface area (Å²) < 4.78 is 6.77. The minimum atomic E-state index is -0.719. The van der Waals surface area contributed by atoms with Gasteiger partial charge in [-0.3, -0.25) is 9.59 Å². The first-order valence-electron chi connectivity index (χ1n) is 10.0. The van der Waals surface area contributed by atoms with Gasteiger partial charge in [-0.05, 0) is 62.6 Å². The number of nitrogens with zero attached hydrogens (tertiary/aromatic N) is 1. The van der Waals surface area contributed by atoms with E-state index in [2.05, 4.69) is 21.2 Å². The molecule has 0 aromatic heterocycles. The normalized spacial score (nSPS) is 11.7. The van der Waals surface area contributed by atoms with Gasteiger partial charge in [0.1, 0.15) is 11.8 Å². The quantitative estimate of drug-likeness (QED) is 0.453. The molecule has 1 atom stereocenters. The zero-order valence-corrected chi connectivity index (χ0v) is 21.2. The lowest BCUT2D eigenvalue weighted by atomic mass is 10.1. The predicted octanol–water partition coefficient (Wildman–Crippen LogP) is 5.70. The smallest absolute Gasteiger partial charge is 0.261 e. The van der Waals surface area contributed by atoms with E-state index in [1.807, 2.05) is 32.9 Å². The molecule has 0 heterocycles. The third-order valence-electron chi connectivity index (χ3n) is 4.88. The number of hydrogen-bond acceptors (Lipinski definition) is 3. The largest absolute Gasteiger partial charge is 0.484 e. The monoisotopic (exact) mass is 528 g/mol. The summed E-state index contributed by atoms with van der Waals surface area (Å²) >= 11 is 16.1. The number of ether oxygens (including phenoxy) is 1. The summed E-state index contributed by atoms with van der Waals surface area (Å²) in [5.74, 6) is 0.00688. The molecule has 2 aromatic rings. The number of benzene rings is 2. The van der Waals surface area contributed by atoms with E-state index in [0.717, 1.165) is 22.0 Å². The molecule has 2 aromatic carbocycles. The van der Waals surface area contributed by atoms with Gasteiger partial charge in [-0.1, -0.05) is 52.1 Å². The topological polar surface area (TPSA) is 58.6 Å². The average molecular weight is 530 g/mol. The number of amides is 2. The molecule has 1 unspecified atom stereocenters. The SMILES string of the molecule is CCCNC(=O)C(C)N(Cc1c(Cl)cccc1Cl)C(=O)COc1cc(C)c(Br)c(C)c1. The van der Waals surface area contributed by atoms with Gasteiger partial charge < -0.3 is 15.0 Å². The Bertz CT molecular complexity index is 909. The highest BCUT2D eigenvalue weighted by Crippen LogP contribution is 2.28. The lowest BCUT2D eigenvalue weighted by Crippen LogP contribution is -2.49. The van der Waals surface area contributed by atoms with Crippen LogP contribution in [0.15, 0.2) is 34.8 Å². The van der Waals surface area contributed by atoms with Gasteiger partial charge in [-0.15, -0.1) is 0 Å². The summed E-state index contributed by atoms with van der Waals surface area (Å²) in [6.45, 7) is 7.98. The minimum absolute atomic E-state index is 0.0970. The van der Waals surface area contributed by atoms with E-state index in [0.29, 0.717) is 27.9 Å². The molecule has 0 aliphatic heterocycles. The van der Waals surface area contributed by atoms with Crippen molar-refractivity contribution in [3.8, 4) is 5.75 Å². The molecule has 0 fully saturated rings. The highest BCUT2D eigenvalue weighted by molar-refractivity contribution is 9.10. The second-order valence-corrected chi connectivity index (χ2v) is 8.96. The minimum Gasteiger partial charge on any atom is -0.484 e. The first-order chi connectivity index (χ1) is 14.6. The van der Waals surface area contributed by atoms with Crippen LogP contribution in [0, 0.1) is 13.8 Å². The Hall–Kier alpha value is -1.76. The van der Waals surface area contributed by atoms with Gasteiger partial charge in [0.05, 0.1) is 0 Å². The van der Waals surface area contributed by atoms with Crippen LogP contribution in [-0.2, 0) is 16.1 Å². The van der Waals surface area contributed by atoms with Crippen LogP contribution in [0.25, 0.3) is 0 Å². The Balaban J connectivity index is 2.24. The molecule has 2 rings (SSSR count). The van der Waals surface area contributed by atoms with Crippen molar-refractivity contribution in [2.24, 2.45) is 0 Å². The maximum Gasteiger partial charge on any atom is 0.261 e. The third-order valence-corrected chi connectivity index (χ3v) is 6.84. The Labute approximate surface area is 202 Å². The Morgan fingerprint density at radius 2 is 1.74 bits per heavy atom. The second-order valence-electron chi connectivity index (χ2n) is 7.35. The second kappa shape index (κ2) is 11.7. The highest BCUT2D eigenvalue weighted by Gasteiger charge is 2.27. The van der Waals surface area contributed by atoms with Gasteiger partial charge in [-0.2, -0.15) is 0 Å². The van der Waals surface area contributed by atoms with Gasteiger partial charge in [-0.25, -0.2) is 0 Å². The molecule has 0 aliphatic carbocycles. The zero-order valence-electron chi connectivity index (χ0n) is 18.1. The molecule has 0 saturated heterocycles. The fourth-order valence-corrected chi connectivity index (χ4v) is 3.80. The predicted molar refractivity (Wildman–Crippen MR) is 129 cm³/mol. The maximum atomic E-state index is 13.1. The molecule has 0 spiro atoms. The summed E-state index contributed by atoms with van der Waals surface area (Å²) in [4.78, 5) is 27.2. The number of hydrogen-bond donors (Lipinski definition) is 1. The molecule has 0 saturated carbocycles. The molecule has 0 aliphatic rings. The van der Waals surface area contributed by atoms with E-state index < -0.39 is 6.04 Å². The summed E-state index contributed by atoms with van der Waals surface area (Å²) in [7, 11) is 0. The van der Waals surface area contributed by atoms with Crippen LogP contribution in [0.1, 0.15) is 37.0 Å². The molecule has 5 nitrogen and oxygen atoms in total. The van der Waals surface area contributed by atoms with Gasteiger partial charge >= 0.3 is 0 Å². The van der Waals surface area contributed by atoms with Crippen LogP contribution in [0.3, 0.4) is 0 Å². The molecule has 168 valence electrons. The summed E-state index contributed by atoms with van der Waals surface area (Å²) in [5, 5.41) is 3.71. The molecular formula is C23H27BrCl2N2O3. The number of rotatable bonds is 9. The van der Waals surface area contributed by atoms with Crippen LogP contribution in [0.5, 0.6) is 5.75 Å². The van der Waals surface area contributed by atoms with Crippen LogP contribution >= 0.6 is 39.1 Å². The number of carbonyl (C=O) groups excluding carboxylic acids is 2. The summed E-state index contributed by atoms with van der Waals surface area (Å²) in [6, 6.07) is 8.14. The molecule has 2 amide bonds. The van der Waals surface area contributed by atoms with Gasteiger partial charge in [0.2, 0.25) is 5.91 Å². The lowest BCUT2D eigenvalue weighted by molar-refractivity contribution is -0.142. The van der Waals surface area contributed by atoms with Crippen molar-refractivity contribution in [3.63, 3.8) is 0 Å².